The average molecular weight is 452 g/mol. The van der Waals surface area contributed by atoms with Crippen LogP contribution in [-0.4, -0.2) is 22.4 Å². The highest BCUT2D eigenvalue weighted by Gasteiger charge is 2.19. The van der Waals surface area contributed by atoms with Crippen LogP contribution < -0.4 is 33.3 Å². The molecule has 1 heterocycles. The number of aromatic nitrogens is 2. The Hall–Kier alpha value is -1.60. The number of halogens is 1. The molecule has 134 valence electrons. The maximum Gasteiger partial charge on any atom is 0.244 e. The molecule has 0 aliphatic carbocycles. The number of aliphatic hydroxyl groups is 1. The molecule has 0 aliphatic rings. The first kappa shape index (κ1) is 19.7. The summed E-state index contributed by atoms with van der Waals surface area (Å²) in [6.07, 6.45) is 1.52. The second kappa shape index (κ2) is 8.67. The van der Waals surface area contributed by atoms with E-state index >= 15 is 0 Å². The highest BCUT2D eigenvalue weighted by Crippen LogP contribution is 2.17. The van der Waals surface area contributed by atoms with Crippen LogP contribution in [0, 0.1) is 13.8 Å². The Bertz CT molecular complexity index is 831. The molecular weight excluding hydrogens is 427 g/mol. The fourth-order valence-corrected chi connectivity index (χ4v) is 2.92. The molecule has 1 atom stereocenters. The second-order valence-corrected chi connectivity index (χ2v) is 6.26. The number of fused-ring (bicyclic) bond motifs is 1. The van der Waals surface area contributed by atoms with Crippen molar-refractivity contribution in [1.29, 1.82) is 0 Å². The number of ether oxygens (including phenoxy) is 1. The van der Waals surface area contributed by atoms with E-state index < -0.39 is 6.10 Å². The van der Waals surface area contributed by atoms with Gasteiger partial charge < -0.3 is 33.8 Å². The first-order valence-corrected chi connectivity index (χ1v) is 8.44. The summed E-state index contributed by atoms with van der Waals surface area (Å²) in [5.41, 5.74) is 4.91. The van der Waals surface area contributed by atoms with Gasteiger partial charge in [-0.1, -0.05) is 18.2 Å². The quantitative estimate of drug-likeness (QED) is 0.423. The largest absolute Gasteiger partial charge is 1.00 e. The van der Waals surface area contributed by atoms with Gasteiger partial charge in [0.15, 0.2) is 11.0 Å². The number of rotatable bonds is 6. The van der Waals surface area contributed by atoms with E-state index in [0.717, 1.165) is 17.8 Å². The summed E-state index contributed by atoms with van der Waals surface area (Å²) >= 11 is 0. The zero-order valence-electron chi connectivity index (χ0n) is 14.9. The number of para-hydroxylation sites is 1. The van der Waals surface area contributed by atoms with Crippen LogP contribution in [0.15, 0.2) is 48.8 Å². The minimum Gasteiger partial charge on any atom is -1.00 e. The molecule has 1 N–H and O–H groups in total. The Kier molecular flexibility index (Phi) is 6.84. The van der Waals surface area contributed by atoms with Crippen molar-refractivity contribution in [2.45, 2.75) is 40.0 Å². The fraction of sp³-hybridized carbons (Fsp3) is 0.350. The number of nitrogens with zero attached hydrogens (tertiary/aromatic N) is 2. The van der Waals surface area contributed by atoms with E-state index in [0.29, 0.717) is 6.54 Å². The van der Waals surface area contributed by atoms with E-state index in [1.54, 1.807) is 0 Å². The molecule has 0 fully saturated rings. The summed E-state index contributed by atoms with van der Waals surface area (Å²) in [7, 11) is 0. The van der Waals surface area contributed by atoms with Crippen molar-refractivity contribution in [3.05, 3.63) is 59.9 Å². The van der Waals surface area contributed by atoms with Crippen molar-refractivity contribution in [2.75, 3.05) is 6.61 Å². The van der Waals surface area contributed by atoms with Crippen LogP contribution in [-0.2, 0) is 13.1 Å². The van der Waals surface area contributed by atoms with E-state index in [1.165, 1.54) is 16.6 Å². The Labute approximate surface area is 166 Å². The van der Waals surface area contributed by atoms with Crippen molar-refractivity contribution in [3.63, 3.8) is 0 Å². The predicted octanol–water partition coefficient (Wildman–Crippen LogP) is 0.00944. The lowest BCUT2D eigenvalue weighted by atomic mass is 10.1. The monoisotopic (exact) mass is 452 g/mol. The van der Waals surface area contributed by atoms with Crippen molar-refractivity contribution < 1.29 is 38.4 Å². The van der Waals surface area contributed by atoms with Gasteiger partial charge in [0.05, 0.1) is 6.54 Å². The molecule has 0 saturated heterocycles. The molecule has 5 heteroatoms. The summed E-state index contributed by atoms with van der Waals surface area (Å²) in [5, 5.41) is 10.4. The zero-order valence-corrected chi connectivity index (χ0v) is 17.1. The van der Waals surface area contributed by atoms with Crippen molar-refractivity contribution >= 4 is 11.0 Å². The SMILES string of the molecule is CCn1c[n+](CC(O)COc2ccccc2)c2cc(C)c(C)cc21.[I-]. The number of aliphatic hydroxyl groups excluding tert-OH is 1. The molecule has 0 radical (unpaired) electrons. The van der Waals surface area contributed by atoms with Gasteiger partial charge in [-0.3, -0.25) is 0 Å². The van der Waals surface area contributed by atoms with Crippen molar-refractivity contribution in [3.8, 4) is 5.75 Å². The lowest BCUT2D eigenvalue weighted by Gasteiger charge is -2.11. The van der Waals surface area contributed by atoms with Gasteiger partial charge in [0.2, 0.25) is 6.33 Å². The topological polar surface area (TPSA) is 38.3 Å². The molecule has 0 bridgehead atoms. The minimum absolute atomic E-state index is 0. The van der Waals surface area contributed by atoms with E-state index in [9.17, 15) is 5.11 Å². The van der Waals surface area contributed by atoms with Crippen LogP contribution in [0.3, 0.4) is 0 Å². The smallest absolute Gasteiger partial charge is 0.244 e. The predicted molar refractivity (Wildman–Crippen MR) is 95.2 cm³/mol. The van der Waals surface area contributed by atoms with Crippen LogP contribution in [0.25, 0.3) is 11.0 Å². The third-order valence-corrected chi connectivity index (χ3v) is 4.42. The van der Waals surface area contributed by atoms with E-state index in [4.69, 9.17) is 4.74 Å². The lowest BCUT2D eigenvalue weighted by molar-refractivity contribution is -0.679. The van der Waals surface area contributed by atoms with Gasteiger partial charge in [-0.25, -0.2) is 9.13 Å². The Morgan fingerprint density at radius 1 is 1.12 bits per heavy atom. The standard InChI is InChI=1S/C20H25N2O2.HI/c1-4-21-14-22(20-11-16(3)15(2)10-19(20)21)12-17(23)13-24-18-8-6-5-7-9-18;/h5-11,14,17,23H,4,12-13H2,1-3H3;1H/q+1;/p-1. The number of hydrogen-bond acceptors (Lipinski definition) is 2. The maximum atomic E-state index is 10.4. The number of aryl methyl sites for hydroxylation is 3. The van der Waals surface area contributed by atoms with Gasteiger partial charge in [-0.05, 0) is 56.2 Å². The molecule has 2 aromatic carbocycles. The van der Waals surface area contributed by atoms with Gasteiger partial charge in [0, 0.05) is 0 Å². The molecule has 0 saturated carbocycles. The highest BCUT2D eigenvalue weighted by atomic mass is 127. The summed E-state index contributed by atoms with van der Waals surface area (Å²) in [6, 6.07) is 14.0. The molecule has 0 amide bonds. The first-order chi connectivity index (χ1) is 11.6. The molecule has 0 aliphatic heterocycles. The normalized spacial score (nSPS) is 12.0. The maximum absolute atomic E-state index is 10.4. The fourth-order valence-electron chi connectivity index (χ4n) is 2.92. The number of imidazole rings is 1. The molecular formula is C20H25IN2O2. The van der Waals surface area contributed by atoms with E-state index in [1.807, 2.05) is 30.3 Å². The molecule has 1 unspecified atom stereocenters. The molecule has 1 aromatic heterocycles. The van der Waals surface area contributed by atoms with Crippen LogP contribution in [0.4, 0.5) is 0 Å². The second-order valence-electron chi connectivity index (χ2n) is 6.26. The Morgan fingerprint density at radius 3 is 2.48 bits per heavy atom. The van der Waals surface area contributed by atoms with Crippen LogP contribution >= 0.6 is 0 Å². The lowest BCUT2D eigenvalue weighted by Crippen LogP contribution is -3.00. The van der Waals surface area contributed by atoms with Gasteiger partial charge in [0.1, 0.15) is 25.0 Å². The molecule has 3 aromatic rings. The van der Waals surface area contributed by atoms with Gasteiger partial charge >= 0.3 is 0 Å². The molecule has 4 nitrogen and oxygen atoms in total. The number of benzene rings is 2. The molecule has 3 rings (SSSR count). The summed E-state index contributed by atoms with van der Waals surface area (Å²) in [5.74, 6) is 0.781. The summed E-state index contributed by atoms with van der Waals surface area (Å²) in [4.78, 5) is 0. The third-order valence-electron chi connectivity index (χ3n) is 4.42. The van der Waals surface area contributed by atoms with Crippen LogP contribution in [0.5, 0.6) is 5.75 Å². The van der Waals surface area contributed by atoms with Crippen molar-refractivity contribution in [1.82, 2.24) is 4.57 Å². The average Bonchev–Trinajstić information content (AvgIpc) is 2.91. The van der Waals surface area contributed by atoms with Gasteiger partial charge in [0.25, 0.3) is 0 Å². The summed E-state index contributed by atoms with van der Waals surface area (Å²) < 4.78 is 9.99. The van der Waals surface area contributed by atoms with Crippen molar-refractivity contribution in [2.24, 2.45) is 0 Å². The summed E-state index contributed by atoms with van der Waals surface area (Å²) in [6.45, 7) is 8.09. The minimum atomic E-state index is -0.562. The first-order valence-electron chi connectivity index (χ1n) is 8.44. The van der Waals surface area contributed by atoms with E-state index in [-0.39, 0.29) is 30.6 Å². The zero-order chi connectivity index (χ0) is 17.1. The van der Waals surface area contributed by atoms with Gasteiger partial charge in [-0.2, -0.15) is 0 Å². The molecule has 0 spiro atoms. The van der Waals surface area contributed by atoms with E-state index in [2.05, 4.69) is 48.4 Å². The Morgan fingerprint density at radius 2 is 1.80 bits per heavy atom. The highest BCUT2D eigenvalue weighted by molar-refractivity contribution is 5.74. The van der Waals surface area contributed by atoms with Crippen LogP contribution in [0.2, 0.25) is 0 Å². The Balaban J connectivity index is 0.00000225. The third kappa shape index (κ3) is 4.52. The van der Waals surface area contributed by atoms with Crippen LogP contribution in [0.1, 0.15) is 18.1 Å². The van der Waals surface area contributed by atoms with Gasteiger partial charge in [-0.15, -0.1) is 0 Å². The molecule has 25 heavy (non-hydrogen) atoms. The number of hydrogen-bond donors (Lipinski definition) is 1.